The predicted molar refractivity (Wildman–Crippen MR) is 163 cm³/mol. The van der Waals surface area contributed by atoms with Crippen molar-refractivity contribution in [1.29, 1.82) is 0 Å². The van der Waals surface area contributed by atoms with Gasteiger partial charge < -0.3 is 20.8 Å². The molecular formula is C34H46N2O6. The average molecular weight is 579 g/mol. The van der Waals surface area contributed by atoms with Crippen LogP contribution in [0.4, 0.5) is 0 Å². The predicted octanol–water partition coefficient (Wildman–Crippen LogP) is 5.52. The molecule has 8 heteroatoms. The van der Waals surface area contributed by atoms with E-state index in [0.29, 0.717) is 36.8 Å². The summed E-state index contributed by atoms with van der Waals surface area (Å²) in [5.74, 6) is -2.61. The number of hydrogen-bond donors (Lipinski definition) is 4. The molecule has 0 saturated heterocycles. The third-order valence-electron chi connectivity index (χ3n) is 8.12. The van der Waals surface area contributed by atoms with Gasteiger partial charge in [-0.3, -0.25) is 19.2 Å². The van der Waals surface area contributed by atoms with Crippen molar-refractivity contribution < 1.29 is 29.4 Å². The van der Waals surface area contributed by atoms with Crippen LogP contribution < -0.4 is 10.6 Å². The number of carbonyl (C=O) groups excluding carboxylic acids is 2. The van der Waals surface area contributed by atoms with Crippen molar-refractivity contribution in [2.45, 2.75) is 115 Å². The van der Waals surface area contributed by atoms with E-state index in [1.165, 1.54) is 0 Å². The molecule has 0 amide bonds. The highest BCUT2D eigenvalue weighted by molar-refractivity contribution is 5.99. The zero-order chi connectivity index (χ0) is 31.2. The lowest BCUT2D eigenvalue weighted by Crippen LogP contribution is -2.50. The van der Waals surface area contributed by atoms with Gasteiger partial charge in [0.25, 0.3) is 0 Å². The van der Waals surface area contributed by atoms with Crippen LogP contribution in [0.3, 0.4) is 0 Å². The molecule has 1 saturated carbocycles. The van der Waals surface area contributed by atoms with Gasteiger partial charge in [0.05, 0.1) is 0 Å². The SMILES string of the molecule is CC(C)(C)c1ccc(C(=O)C[C@H](NC2CCC(N[C@@H](CC(=O)c3ccc(C(C)(C)C)cc3)C(=O)O)CC2)C(=O)O)cc1. The standard InChI is InChI=1S/C34H46N2O6/c1-33(2,3)23-11-7-21(8-12-23)29(37)19-27(31(39)40)35-25-15-17-26(18-16-25)36-28(32(41)42)20-30(38)22-9-13-24(14-10-22)34(4,5)6/h7-14,25-28,35-36H,15-20H2,1-6H3,(H,39,40)(H,41,42)/t25?,26?,27-,28-/m0/s1. The fourth-order valence-electron chi connectivity index (χ4n) is 5.35. The van der Waals surface area contributed by atoms with Crippen LogP contribution in [0.15, 0.2) is 48.5 Å². The summed E-state index contributed by atoms with van der Waals surface area (Å²) in [5.41, 5.74) is 3.09. The molecule has 8 nitrogen and oxygen atoms in total. The monoisotopic (exact) mass is 578 g/mol. The van der Waals surface area contributed by atoms with Gasteiger partial charge in [0.15, 0.2) is 11.6 Å². The highest BCUT2D eigenvalue weighted by atomic mass is 16.4. The Morgan fingerprint density at radius 2 is 0.905 bits per heavy atom. The molecule has 2 atom stereocenters. The second-order valence-corrected chi connectivity index (χ2v) is 13.6. The van der Waals surface area contributed by atoms with Crippen LogP contribution in [0.2, 0.25) is 0 Å². The molecule has 2 aromatic carbocycles. The van der Waals surface area contributed by atoms with Gasteiger partial charge >= 0.3 is 11.9 Å². The van der Waals surface area contributed by atoms with Crippen LogP contribution in [0, 0.1) is 0 Å². The van der Waals surface area contributed by atoms with Crippen LogP contribution in [-0.2, 0) is 20.4 Å². The molecule has 0 aromatic heterocycles. The quantitative estimate of drug-likeness (QED) is 0.242. The van der Waals surface area contributed by atoms with E-state index in [1.54, 1.807) is 24.3 Å². The van der Waals surface area contributed by atoms with E-state index < -0.39 is 24.0 Å². The van der Waals surface area contributed by atoms with E-state index in [0.717, 1.165) is 11.1 Å². The summed E-state index contributed by atoms with van der Waals surface area (Å²) in [5, 5.41) is 25.9. The second kappa shape index (κ2) is 13.7. The van der Waals surface area contributed by atoms with E-state index in [2.05, 4.69) is 52.2 Å². The highest BCUT2D eigenvalue weighted by Crippen LogP contribution is 2.25. The van der Waals surface area contributed by atoms with Crippen molar-refractivity contribution in [3.63, 3.8) is 0 Å². The summed E-state index contributed by atoms with van der Waals surface area (Å²) in [6.45, 7) is 12.5. The molecule has 0 heterocycles. The maximum atomic E-state index is 12.9. The normalized spacial score (nSPS) is 19.1. The van der Waals surface area contributed by atoms with Crippen LogP contribution in [-0.4, -0.2) is 57.9 Å². The topological polar surface area (TPSA) is 133 Å². The molecule has 3 rings (SSSR count). The Bertz CT molecular complexity index is 1150. The number of carboxylic acids is 2. The number of aliphatic carboxylic acids is 2. The maximum absolute atomic E-state index is 12.9. The Kier molecular flexibility index (Phi) is 10.8. The molecule has 228 valence electrons. The van der Waals surface area contributed by atoms with Gasteiger partial charge in [-0.25, -0.2) is 0 Å². The lowest BCUT2D eigenvalue weighted by atomic mass is 9.86. The van der Waals surface area contributed by atoms with E-state index in [1.807, 2.05) is 24.3 Å². The second-order valence-electron chi connectivity index (χ2n) is 13.6. The number of carboxylic acid groups (broad SMARTS) is 2. The smallest absolute Gasteiger partial charge is 0.321 e. The molecular weight excluding hydrogens is 532 g/mol. The number of benzene rings is 2. The Labute approximate surface area is 249 Å². The molecule has 42 heavy (non-hydrogen) atoms. The molecule has 0 spiro atoms. The Morgan fingerprint density at radius 1 is 0.619 bits per heavy atom. The largest absolute Gasteiger partial charge is 0.480 e. The minimum atomic E-state index is -1.07. The fourth-order valence-corrected chi connectivity index (χ4v) is 5.35. The van der Waals surface area contributed by atoms with Gasteiger partial charge in [0.1, 0.15) is 12.1 Å². The van der Waals surface area contributed by atoms with Gasteiger partial charge in [-0.15, -0.1) is 0 Å². The molecule has 0 unspecified atom stereocenters. The number of nitrogens with one attached hydrogen (secondary N) is 2. The van der Waals surface area contributed by atoms with E-state index >= 15 is 0 Å². The summed E-state index contributed by atoms with van der Waals surface area (Å²) >= 11 is 0. The van der Waals surface area contributed by atoms with Crippen molar-refractivity contribution in [1.82, 2.24) is 10.6 Å². The maximum Gasteiger partial charge on any atom is 0.321 e. The third kappa shape index (κ3) is 9.33. The van der Waals surface area contributed by atoms with Crippen molar-refractivity contribution in [2.24, 2.45) is 0 Å². The molecule has 2 aromatic rings. The van der Waals surface area contributed by atoms with E-state index in [4.69, 9.17) is 0 Å². The third-order valence-corrected chi connectivity index (χ3v) is 8.12. The van der Waals surface area contributed by atoms with Crippen molar-refractivity contribution in [3.05, 3.63) is 70.8 Å². The molecule has 0 radical (unpaired) electrons. The number of rotatable bonds is 12. The van der Waals surface area contributed by atoms with E-state index in [-0.39, 0.29) is 47.3 Å². The summed E-state index contributed by atoms with van der Waals surface area (Å²) in [6, 6.07) is 12.4. The lowest BCUT2D eigenvalue weighted by molar-refractivity contribution is -0.140. The Morgan fingerprint density at radius 3 is 1.14 bits per heavy atom. The summed E-state index contributed by atoms with van der Waals surface area (Å²) in [6.07, 6.45) is 2.22. The lowest BCUT2D eigenvalue weighted by Gasteiger charge is -2.33. The van der Waals surface area contributed by atoms with Crippen LogP contribution in [0.25, 0.3) is 0 Å². The first-order valence-corrected chi connectivity index (χ1v) is 14.8. The van der Waals surface area contributed by atoms with Gasteiger partial charge in [-0.05, 0) is 47.6 Å². The van der Waals surface area contributed by atoms with Crippen molar-refractivity contribution in [2.75, 3.05) is 0 Å². The van der Waals surface area contributed by atoms with Crippen LogP contribution >= 0.6 is 0 Å². The molecule has 0 aliphatic heterocycles. The van der Waals surface area contributed by atoms with Gasteiger partial charge in [-0.1, -0.05) is 90.1 Å². The minimum Gasteiger partial charge on any atom is -0.480 e. The Hall–Kier alpha value is -3.36. The summed E-state index contributed by atoms with van der Waals surface area (Å²) < 4.78 is 0. The zero-order valence-corrected chi connectivity index (χ0v) is 25.7. The molecule has 4 N–H and O–H groups in total. The van der Waals surface area contributed by atoms with Crippen LogP contribution in [0.1, 0.15) is 112 Å². The Balaban J connectivity index is 1.52. The first kappa shape index (κ1) is 33.1. The molecule has 1 fully saturated rings. The van der Waals surface area contributed by atoms with E-state index in [9.17, 15) is 29.4 Å². The minimum absolute atomic E-state index is 0.0428. The molecule has 1 aliphatic carbocycles. The average Bonchev–Trinajstić information content (AvgIpc) is 2.92. The first-order chi connectivity index (χ1) is 19.5. The van der Waals surface area contributed by atoms with Crippen molar-refractivity contribution in [3.8, 4) is 0 Å². The number of carbonyl (C=O) groups is 4. The van der Waals surface area contributed by atoms with Gasteiger partial charge in [0.2, 0.25) is 0 Å². The molecule has 1 aliphatic rings. The highest BCUT2D eigenvalue weighted by Gasteiger charge is 2.31. The van der Waals surface area contributed by atoms with Gasteiger partial charge in [-0.2, -0.15) is 0 Å². The van der Waals surface area contributed by atoms with Crippen molar-refractivity contribution >= 4 is 23.5 Å². The molecule has 0 bridgehead atoms. The van der Waals surface area contributed by atoms with Crippen LogP contribution in [0.5, 0.6) is 0 Å². The number of Topliss-reactive ketones (excluding diaryl/α,β-unsaturated/α-hetero) is 2. The summed E-state index contributed by atoms with van der Waals surface area (Å²) in [4.78, 5) is 49.7. The zero-order valence-electron chi connectivity index (χ0n) is 25.7. The first-order valence-electron chi connectivity index (χ1n) is 14.8. The van der Waals surface area contributed by atoms with Gasteiger partial charge in [0, 0.05) is 36.1 Å². The fraction of sp³-hybridized carbons (Fsp3) is 0.529. The summed E-state index contributed by atoms with van der Waals surface area (Å²) in [7, 11) is 0. The number of hydrogen-bond acceptors (Lipinski definition) is 6. The number of ketones is 2.